The van der Waals surface area contributed by atoms with E-state index in [1.807, 2.05) is 32.0 Å². The third-order valence-corrected chi connectivity index (χ3v) is 8.85. The number of aryl methyl sites for hydroxylation is 2. The van der Waals surface area contributed by atoms with Crippen LogP contribution in [-0.2, 0) is 14.8 Å². The SMILES string of the molecule is Cc1nc(-c2csc(S(=O)(=O)N3CCC[C@@H](C(=O)Nc4cccc(C)c4C)C3)c2)no1. The number of aromatic nitrogens is 2. The van der Waals surface area contributed by atoms with E-state index in [-0.39, 0.29) is 16.7 Å². The Bertz CT molecular complexity index is 1220. The molecule has 1 atom stereocenters. The highest BCUT2D eigenvalue weighted by atomic mass is 32.2. The third-order valence-electron chi connectivity index (χ3n) is 5.57. The molecule has 1 amide bonds. The maximum Gasteiger partial charge on any atom is 0.252 e. The minimum atomic E-state index is -3.71. The Morgan fingerprint density at radius 3 is 2.84 bits per heavy atom. The first-order valence-electron chi connectivity index (χ1n) is 10.0. The Labute approximate surface area is 185 Å². The van der Waals surface area contributed by atoms with Crippen LogP contribution in [0.2, 0.25) is 0 Å². The van der Waals surface area contributed by atoms with Gasteiger partial charge in [0.2, 0.25) is 17.6 Å². The van der Waals surface area contributed by atoms with Crippen LogP contribution in [0.4, 0.5) is 5.69 Å². The molecule has 0 spiro atoms. The van der Waals surface area contributed by atoms with Gasteiger partial charge in [-0.05, 0) is 49.9 Å². The van der Waals surface area contributed by atoms with E-state index in [0.29, 0.717) is 36.7 Å². The number of hydrogen-bond acceptors (Lipinski definition) is 7. The first kappa shape index (κ1) is 21.7. The van der Waals surface area contributed by atoms with Crippen LogP contribution in [0.5, 0.6) is 0 Å². The summed E-state index contributed by atoms with van der Waals surface area (Å²) in [6.07, 6.45) is 1.28. The Kier molecular flexibility index (Phi) is 5.96. The molecule has 1 aromatic carbocycles. The van der Waals surface area contributed by atoms with Gasteiger partial charge in [-0.15, -0.1) is 11.3 Å². The zero-order chi connectivity index (χ0) is 22.2. The van der Waals surface area contributed by atoms with Crippen molar-refractivity contribution in [1.82, 2.24) is 14.4 Å². The van der Waals surface area contributed by atoms with Gasteiger partial charge in [-0.25, -0.2) is 8.42 Å². The molecule has 2 aromatic heterocycles. The van der Waals surface area contributed by atoms with Gasteiger partial charge in [-0.3, -0.25) is 4.79 Å². The minimum Gasteiger partial charge on any atom is -0.339 e. The van der Waals surface area contributed by atoms with Crippen molar-refractivity contribution < 1.29 is 17.7 Å². The van der Waals surface area contributed by atoms with E-state index in [0.717, 1.165) is 28.2 Å². The van der Waals surface area contributed by atoms with Gasteiger partial charge in [-0.1, -0.05) is 17.3 Å². The van der Waals surface area contributed by atoms with Crippen molar-refractivity contribution in [2.24, 2.45) is 5.92 Å². The van der Waals surface area contributed by atoms with Crippen molar-refractivity contribution in [2.45, 2.75) is 37.8 Å². The van der Waals surface area contributed by atoms with Gasteiger partial charge in [0.1, 0.15) is 4.21 Å². The summed E-state index contributed by atoms with van der Waals surface area (Å²) in [4.78, 5) is 17.0. The molecule has 10 heteroatoms. The molecular formula is C21H24N4O4S2. The quantitative estimate of drug-likeness (QED) is 0.621. The average Bonchev–Trinajstić information content (AvgIpc) is 3.41. The van der Waals surface area contributed by atoms with Crippen molar-refractivity contribution in [3.63, 3.8) is 0 Å². The van der Waals surface area contributed by atoms with Gasteiger partial charge >= 0.3 is 0 Å². The molecule has 1 aliphatic rings. The lowest BCUT2D eigenvalue weighted by Gasteiger charge is -2.31. The van der Waals surface area contributed by atoms with Crippen LogP contribution in [0, 0.1) is 26.7 Å². The largest absolute Gasteiger partial charge is 0.339 e. The zero-order valence-corrected chi connectivity index (χ0v) is 19.2. The van der Waals surface area contributed by atoms with Gasteiger partial charge in [0.05, 0.1) is 5.92 Å². The molecule has 3 aromatic rings. The molecule has 1 N–H and O–H groups in total. The predicted octanol–water partition coefficient (Wildman–Crippen LogP) is 3.76. The smallest absolute Gasteiger partial charge is 0.252 e. The summed E-state index contributed by atoms with van der Waals surface area (Å²) < 4.78 is 33.0. The molecule has 1 aliphatic heterocycles. The monoisotopic (exact) mass is 460 g/mol. The van der Waals surface area contributed by atoms with Gasteiger partial charge in [0.15, 0.2) is 0 Å². The number of anilines is 1. The van der Waals surface area contributed by atoms with Crippen LogP contribution in [0.25, 0.3) is 11.4 Å². The molecule has 4 rings (SSSR count). The van der Waals surface area contributed by atoms with E-state index < -0.39 is 15.9 Å². The van der Waals surface area contributed by atoms with E-state index >= 15 is 0 Å². The molecule has 1 fully saturated rings. The van der Waals surface area contributed by atoms with Crippen molar-refractivity contribution in [2.75, 3.05) is 18.4 Å². The number of carbonyl (C=O) groups excluding carboxylic acids is 1. The number of nitrogens with zero attached hydrogens (tertiary/aromatic N) is 3. The van der Waals surface area contributed by atoms with Crippen molar-refractivity contribution >= 4 is 33.0 Å². The fourth-order valence-corrected chi connectivity index (χ4v) is 6.44. The normalized spacial score (nSPS) is 17.6. The Balaban J connectivity index is 1.49. The summed E-state index contributed by atoms with van der Waals surface area (Å²) in [5, 5.41) is 8.52. The molecule has 0 radical (unpaired) electrons. The van der Waals surface area contributed by atoms with E-state index in [2.05, 4.69) is 15.5 Å². The van der Waals surface area contributed by atoms with Crippen LogP contribution >= 0.6 is 11.3 Å². The number of sulfonamides is 1. The molecule has 0 bridgehead atoms. The first-order valence-corrected chi connectivity index (χ1v) is 12.3. The molecular weight excluding hydrogens is 436 g/mol. The highest BCUT2D eigenvalue weighted by molar-refractivity contribution is 7.91. The van der Waals surface area contributed by atoms with Crippen LogP contribution in [-0.4, -0.2) is 41.9 Å². The summed E-state index contributed by atoms with van der Waals surface area (Å²) in [5.74, 6) is 0.226. The molecule has 164 valence electrons. The summed E-state index contributed by atoms with van der Waals surface area (Å²) in [5.41, 5.74) is 3.47. The standard InChI is InChI=1S/C21H24N4O4S2/c1-13-6-4-8-18(14(13)2)23-21(26)16-7-5-9-25(11-16)31(27,28)19-10-17(12-30-19)20-22-15(3)29-24-20/h4,6,8,10,12,16H,5,7,9,11H2,1-3H3,(H,23,26)/t16-/m1/s1. The van der Waals surface area contributed by atoms with E-state index in [9.17, 15) is 13.2 Å². The Morgan fingerprint density at radius 2 is 2.10 bits per heavy atom. The number of rotatable bonds is 5. The Morgan fingerprint density at radius 1 is 1.29 bits per heavy atom. The molecule has 0 unspecified atom stereocenters. The van der Waals surface area contributed by atoms with Crippen LogP contribution in [0.3, 0.4) is 0 Å². The lowest BCUT2D eigenvalue weighted by molar-refractivity contribution is -0.120. The van der Waals surface area contributed by atoms with Crippen molar-refractivity contribution in [1.29, 1.82) is 0 Å². The second kappa shape index (κ2) is 8.52. The van der Waals surface area contributed by atoms with Crippen LogP contribution < -0.4 is 5.32 Å². The topological polar surface area (TPSA) is 105 Å². The first-order chi connectivity index (χ1) is 14.8. The van der Waals surface area contributed by atoms with Gasteiger partial charge in [-0.2, -0.15) is 9.29 Å². The van der Waals surface area contributed by atoms with E-state index in [4.69, 9.17) is 4.52 Å². The maximum atomic E-state index is 13.2. The molecule has 8 nitrogen and oxygen atoms in total. The predicted molar refractivity (Wildman–Crippen MR) is 118 cm³/mol. The van der Waals surface area contributed by atoms with Crippen LogP contribution in [0.15, 0.2) is 38.4 Å². The van der Waals surface area contributed by atoms with Gasteiger partial charge in [0.25, 0.3) is 10.0 Å². The fraction of sp³-hybridized carbons (Fsp3) is 0.381. The second-order valence-electron chi connectivity index (χ2n) is 7.73. The lowest BCUT2D eigenvalue weighted by atomic mass is 9.98. The van der Waals surface area contributed by atoms with Gasteiger partial charge < -0.3 is 9.84 Å². The molecule has 31 heavy (non-hydrogen) atoms. The average molecular weight is 461 g/mol. The molecule has 3 heterocycles. The molecule has 1 saturated heterocycles. The lowest BCUT2D eigenvalue weighted by Crippen LogP contribution is -2.43. The number of amides is 1. The fourth-order valence-electron chi connectivity index (χ4n) is 3.61. The number of hydrogen-bond donors (Lipinski definition) is 1. The minimum absolute atomic E-state index is 0.150. The number of thiophene rings is 1. The number of benzene rings is 1. The summed E-state index contributed by atoms with van der Waals surface area (Å²) in [7, 11) is -3.71. The van der Waals surface area contributed by atoms with Gasteiger partial charge in [0, 0.05) is 36.6 Å². The Hall–Kier alpha value is -2.56. The summed E-state index contributed by atoms with van der Waals surface area (Å²) in [6, 6.07) is 7.31. The summed E-state index contributed by atoms with van der Waals surface area (Å²) in [6.45, 7) is 6.18. The van der Waals surface area contributed by atoms with Crippen LogP contribution in [0.1, 0.15) is 29.9 Å². The third kappa shape index (κ3) is 4.41. The van der Waals surface area contributed by atoms with Crippen molar-refractivity contribution in [3.05, 3.63) is 46.7 Å². The number of carbonyl (C=O) groups is 1. The van der Waals surface area contributed by atoms with E-state index in [1.54, 1.807) is 18.4 Å². The van der Waals surface area contributed by atoms with Crippen molar-refractivity contribution in [3.8, 4) is 11.4 Å². The zero-order valence-electron chi connectivity index (χ0n) is 17.6. The summed E-state index contributed by atoms with van der Waals surface area (Å²) >= 11 is 1.12. The molecule has 0 aliphatic carbocycles. The maximum absolute atomic E-state index is 13.2. The second-order valence-corrected chi connectivity index (χ2v) is 10.8. The highest BCUT2D eigenvalue weighted by Crippen LogP contribution is 2.31. The number of piperidine rings is 1. The van der Waals surface area contributed by atoms with E-state index in [1.165, 1.54) is 4.31 Å². The molecule has 0 saturated carbocycles. The number of nitrogens with one attached hydrogen (secondary N) is 1. The highest BCUT2D eigenvalue weighted by Gasteiger charge is 2.34.